The van der Waals surface area contributed by atoms with E-state index in [1.165, 1.54) is 10.9 Å². The minimum atomic E-state index is 0.490. The lowest BCUT2D eigenvalue weighted by molar-refractivity contribution is 0.408. The monoisotopic (exact) mass is 189 g/mol. The number of nitrogens with one attached hydrogen (secondary N) is 1. The van der Waals surface area contributed by atoms with Gasteiger partial charge in [-0.3, -0.25) is 0 Å². The van der Waals surface area contributed by atoms with Crippen LogP contribution in [0.2, 0.25) is 0 Å². The molecule has 0 fully saturated rings. The van der Waals surface area contributed by atoms with Crippen molar-refractivity contribution in [1.29, 1.82) is 0 Å². The zero-order chi connectivity index (χ0) is 10.1. The molecule has 0 aliphatic carbocycles. The number of methoxy groups -OCH3 is 1. The Morgan fingerprint density at radius 2 is 2.07 bits per heavy atom. The number of hydrogen-bond donors (Lipinski definition) is 1. The fourth-order valence-corrected chi connectivity index (χ4v) is 1.73. The molecule has 14 heavy (non-hydrogen) atoms. The number of aromatic amines is 1. The van der Waals surface area contributed by atoms with E-state index in [0.717, 1.165) is 11.3 Å². The van der Waals surface area contributed by atoms with Gasteiger partial charge in [0, 0.05) is 17.8 Å². The Bertz CT molecular complexity index is 443. The summed E-state index contributed by atoms with van der Waals surface area (Å²) in [5.41, 5.74) is 2.39. The topological polar surface area (TPSA) is 25.0 Å². The first-order chi connectivity index (χ1) is 6.72. The van der Waals surface area contributed by atoms with Crippen LogP contribution in [0.25, 0.3) is 10.9 Å². The van der Waals surface area contributed by atoms with Crippen LogP contribution in [0.3, 0.4) is 0 Å². The van der Waals surface area contributed by atoms with Gasteiger partial charge in [0.15, 0.2) is 0 Å². The zero-order valence-corrected chi connectivity index (χ0v) is 8.79. The summed E-state index contributed by atoms with van der Waals surface area (Å²) in [6.07, 6.45) is 1.95. The van der Waals surface area contributed by atoms with Crippen LogP contribution in [0.15, 0.2) is 24.4 Å². The van der Waals surface area contributed by atoms with E-state index in [4.69, 9.17) is 4.74 Å². The molecule has 1 heterocycles. The van der Waals surface area contributed by atoms with Gasteiger partial charge in [0.05, 0.1) is 7.11 Å². The fraction of sp³-hybridized carbons (Fsp3) is 0.333. The lowest BCUT2D eigenvalue weighted by Gasteiger charge is -2.11. The summed E-state index contributed by atoms with van der Waals surface area (Å²) in [5.74, 6) is 1.46. The largest absolute Gasteiger partial charge is 0.496 e. The lowest BCUT2D eigenvalue weighted by atomic mass is 10.0. The Labute approximate surface area is 83.9 Å². The maximum Gasteiger partial charge on any atom is 0.124 e. The first-order valence-corrected chi connectivity index (χ1v) is 4.87. The van der Waals surface area contributed by atoms with Crippen molar-refractivity contribution in [2.75, 3.05) is 7.11 Å². The number of hydrogen-bond acceptors (Lipinski definition) is 1. The minimum Gasteiger partial charge on any atom is -0.496 e. The molecule has 0 saturated heterocycles. The van der Waals surface area contributed by atoms with Gasteiger partial charge in [-0.15, -0.1) is 0 Å². The molecule has 0 radical (unpaired) electrons. The van der Waals surface area contributed by atoms with Crippen molar-refractivity contribution in [3.63, 3.8) is 0 Å². The van der Waals surface area contributed by atoms with Crippen molar-refractivity contribution in [1.82, 2.24) is 4.98 Å². The third-order valence-electron chi connectivity index (χ3n) is 2.53. The van der Waals surface area contributed by atoms with Crippen molar-refractivity contribution < 1.29 is 4.74 Å². The van der Waals surface area contributed by atoms with Gasteiger partial charge in [-0.05, 0) is 29.0 Å². The highest BCUT2D eigenvalue weighted by Gasteiger charge is 2.08. The van der Waals surface area contributed by atoms with E-state index in [-0.39, 0.29) is 0 Å². The van der Waals surface area contributed by atoms with Crippen molar-refractivity contribution in [2.24, 2.45) is 0 Å². The van der Waals surface area contributed by atoms with Crippen LogP contribution in [-0.4, -0.2) is 12.1 Å². The minimum absolute atomic E-state index is 0.490. The van der Waals surface area contributed by atoms with Crippen LogP contribution in [0.5, 0.6) is 5.75 Å². The highest BCUT2D eigenvalue weighted by Crippen LogP contribution is 2.30. The van der Waals surface area contributed by atoms with E-state index in [9.17, 15) is 0 Å². The van der Waals surface area contributed by atoms with Crippen molar-refractivity contribution in [2.45, 2.75) is 19.8 Å². The summed E-state index contributed by atoms with van der Waals surface area (Å²) in [4.78, 5) is 3.18. The average molecular weight is 189 g/mol. The van der Waals surface area contributed by atoms with Gasteiger partial charge >= 0.3 is 0 Å². The molecular weight excluding hydrogens is 174 g/mol. The summed E-state index contributed by atoms with van der Waals surface area (Å²) in [6, 6.07) is 6.33. The van der Waals surface area contributed by atoms with Crippen molar-refractivity contribution >= 4 is 10.9 Å². The summed E-state index contributed by atoms with van der Waals surface area (Å²) in [7, 11) is 1.72. The molecule has 0 atom stereocenters. The average Bonchev–Trinajstić information content (AvgIpc) is 2.62. The predicted molar refractivity (Wildman–Crippen MR) is 58.9 cm³/mol. The van der Waals surface area contributed by atoms with Gasteiger partial charge in [-0.1, -0.05) is 13.8 Å². The van der Waals surface area contributed by atoms with Crippen LogP contribution in [0.4, 0.5) is 0 Å². The second-order valence-electron chi connectivity index (χ2n) is 3.81. The van der Waals surface area contributed by atoms with Gasteiger partial charge in [0.1, 0.15) is 5.75 Å². The van der Waals surface area contributed by atoms with E-state index in [0.29, 0.717) is 5.92 Å². The Balaban J connectivity index is 2.66. The molecule has 0 saturated carbocycles. The molecule has 2 aromatic rings. The highest BCUT2D eigenvalue weighted by molar-refractivity contribution is 5.82. The number of aromatic nitrogens is 1. The first kappa shape index (κ1) is 9.13. The summed E-state index contributed by atoms with van der Waals surface area (Å²) >= 11 is 0. The van der Waals surface area contributed by atoms with Crippen LogP contribution in [0, 0.1) is 0 Å². The maximum absolute atomic E-state index is 5.36. The highest BCUT2D eigenvalue weighted by atomic mass is 16.5. The molecular formula is C12H15NO. The molecule has 1 aromatic carbocycles. The molecule has 2 nitrogen and oxygen atoms in total. The van der Waals surface area contributed by atoms with E-state index < -0.39 is 0 Å². The summed E-state index contributed by atoms with van der Waals surface area (Å²) < 4.78 is 5.36. The summed E-state index contributed by atoms with van der Waals surface area (Å²) in [6.45, 7) is 4.35. The Hall–Kier alpha value is -1.44. The van der Waals surface area contributed by atoms with E-state index in [1.807, 2.05) is 6.20 Å². The van der Waals surface area contributed by atoms with Gasteiger partial charge in [-0.25, -0.2) is 0 Å². The fourth-order valence-electron chi connectivity index (χ4n) is 1.73. The predicted octanol–water partition coefficient (Wildman–Crippen LogP) is 3.30. The molecule has 0 bridgehead atoms. The van der Waals surface area contributed by atoms with Gasteiger partial charge in [-0.2, -0.15) is 0 Å². The third-order valence-corrected chi connectivity index (χ3v) is 2.53. The molecule has 1 N–H and O–H groups in total. The molecule has 0 aliphatic rings. The third kappa shape index (κ3) is 1.37. The van der Waals surface area contributed by atoms with Gasteiger partial charge in [0.25, 0.3) is 0 Å². The van der Waals surface area contributed by atoms with Gasteiger partial charge in [0.2, 0.25) is 0 Å². The second kappa shape index (κ2) is 3.37. The zero-order valence-electron chi connectivity index (χ0n) is 8.79. The van der Waals surface area contributed by atoms with Crippen LogP contribution in [-0.2, 0) is 0 Å². The molecule has 0 aliphatic heterocycles. The Kier molecular flexibility index (Phi) is 2.20. The molecule has 74 valence electrons. The van der Waals surface area contributed by atoms with Crippen LogP contribution in [0.1, 0.15) is 25.3 Å². The molecule has 0 spiro atoms. The summed E-state index contributed by atoms with van der Waals surface area (Å²) in [5, 5.41) is 1.24. The molecule has 2 rings (SSSR count). The van der Waals surface area contributed by atoms with Crippen LogP contribution >= 0.6 is 0 Å². The van der Waals surface area contributed by atoms with Crippen molar-refractivity contribution in [3.8, 4) is 5.75 Å². The van der Waals surface area contributed by atoms with E-state index >= 15 is 0 Å². The van der Waals surface area contributed by atoms with E-state index in [1.54, 1.807) is 7.11 Å². The second-order valence-corrected chi connectivity index (χ2v) is 3.81. The standard InChI is InChI=1S/C12H15NO/c1-8(2)10-6-9-4-5-13-11(9)7-12(10)14-3/h4-8,13H,1-3H3. The number of benzene rings is 1. The molecule has 1 aromatic heterocycles. The van der Waals surface area contributed by atoms with Gasteiger partial charge < -0.3 is 9.72 Å². The quantitative estimate of drug-likeness (QED) is 0.770. The Morgan fingerprint density at radius 1 is 1.29 bits per heavy atom. The molecule has 2 heteroatoms. The van der Waals surface area contributed by atoms with Crippen LogP contribution < -0.4 is 4.74 Å². The lowest BCUT2D eigenvalue weighted by Crippen LogP contribution is -1.93. The van der Waals surface area contributed by atoms with E-state index in [2.05, 4.69) is 37.0 Å². The normalized spacial score (nSPS) is 11.1. The Morgan fingerprint density at radius 3 is 2.71 bits per heavy atom. The first-order valence-electron chi connectivity index (χ1n) is 4.87. The number of rotatable bonds is 2. The molecule has 0 amide bonds. The SMILES string of the molecule is COc1cc2[nH]ccc2cc1C(C)C. The smallest absolute Gasteiger partial charge is 0.124 e. The molecule has 0 unspecified atom stereocenters. The maximum atomic E-state index is 5.36. The number of ether oxygens (including phenoxy) is 1. The van der Waals surface area contributed by atoms with Crippen molar-refractivity contribution in [3.05, 3.63) is 30.0 Å². The number of H-pyrrole nitrogens is 1. The number of fused-ring (bicyclic) bond motifs is 1.